The number of esters is 3. The zero-order chi connectivity index (χ0) is 50.0. The van der Waals surface area contributed by atoms with Crippen molar-refractivity contribution in [2.24, 2.45) is 0 Å². The molecule has 0 spiro atoms. The summed E-state index contributed by atoms with van der Waals surface area (Å²) in [5, 5.41) is 0. The van der Waals surface area contributed by atoms with Gasteiger partial charge in [0.1, 0.15) is 13.2 Å². The first-order valence-corrected chi connectivity index (χ1v) is 28.7. The SMILES string of the molecule is CCCCC/C=C\C/C=C\C/C=C\C/C=C\CCCC(=O)OC[C@H](COC(=O)CCCCCC/C=C\C/C=C\C/C=C\CCCCC)OC(=O)CCCCCCCCC/C=C\CCCCCCCC. The maximum atomic E-state index is 12.9. The molecule has 0 saturated heterocycles. The lowest BCUT2D eigenvalue weighted by atomic mass is 10.1. The van der Waals surface area contributed by atoms with Gasteiger partial charge in [-0.3, -0.25) is 14.4 Å². The number of carbonyl (C=O) groups excluding carboxylic acids is 3. The Morgan fingerprint density at radius 2 is 0.536 bits per heavy atom. The molecule has 0 fully saturated rings. The van der Waals surface area contributed by atoms with Crippen molar-refractivity contribution in [1.82, 2.24) is 0 Å². The number of hydrogen-bond acceptors (Lipinski definition) is 6. The van der Waals surface area contributed by atoms with E-state index in [4.69, 9.17) is 14.2 Å². The summed E-state index contributed by atoms with van der Waals surface area (Å²) >= 11 is 0. The Balaban J connectivity index is 4.52. The van der Waals surface area contributed by atoms with E-state index in [1.54, 1.807) is 0 Å². The number of rotatable bonds is 51. The van der Waals surface area contributed by atoms with Crippen LogP contribution in [0.3, 0.4) is 0 Å². The van der Waals surface area contributed by atoms with E-state index in [2.05, 4.69) is 118 Å². The number of carbonyl (C=O) groups is 3. The van der Waals surface area contributed by atoms with Crippen molar-refractivity contribution in [2.75, 3.05) is 13.2 Å². The fourth-order valence-corrected chi connectivity index (χ4v) is 7.67. The Labute approximate surface area is 426 Å². The Hall–Kier alpha value is -3.67. The van der Waals surface area contributed by atoms with Gasteiger partial charge in [0.25, 0.3) is 0 Å². The lowest BCUT2D eigenvalue weighted by Gasteiger charge is -2.18. The van der Waals surface area contributed by atoms with E-state index in [9.17, 15) is 14.4 Å². The maximum absolute atomic E-state index is 12.9. The van der Waals surface area contributed by atoms with Crippen LogP contribution in [-0.2, 0) is 28.6 Å². The molecule has 0 aliphatic heterocycles. The Kier molecular flexibility index (Phi) is 53.9. The van der Waals surface area contributed by atoms with E-state index in [1.165, 1.54) is 128 Å². The Bertz CT molecular complexity index is 1380. The van der Waals surface area contributed by atoms with Crippen LogP contribution in [0.15, 0.2) is 97.2 Å². The quantitative estimate of drug-likeness (QED) is 0.0262. The van der Waals surface area contributed by atoms with Crippen molar-refractivity contribution in [3.8, 4) is 0 Å². The third-order valence-electron chi connectivity index (χ3n) is 12.0. The first-order chi connectivity index (χ1) is 34.0. The fourth-order valence-electron chi connectivity index (χ4n) is 7.67. The first kappa shape index (κ1) is 65.3. The van der Waals surface area contributed by atoms with E-state index < -0.39 is 6.10 Å². The predicted octanol–water partition coefficient (Wildman–Crippen LogP) is 19.3. The third kappa shape index (κ3) is 55.1. The predicted molar refractivity (Wildman–Crippen MR) is 297 cm³/mol. The van der Waals surface area contributed by atoms with E-state index in [0.29, 0.717) is 19.3 Å². The van der Waals surface area contributed by atoms with Crippen molar-refractivity contribution >= 4 is 17.9 Å². The summed E-state index contributed by atoms with van der Waals surface area (Å²) in [7, 11) is 0. The lowest BCUT2D eigenvalue weighted by molar-refractivity contribution is -0.167. The average molecular weight is 960 g/mol. The summed E-state index contributed by atoms with van der Waals surface area (Å²) in [6.07, 6.45) is 75.4. The Morgan fingerprint density at radius 3 is 0.913 bits per heavy atom. The topological polar surface area (TPSA) is 78.9 Å². The molecule has 0 amide bonds. The molecule has 0 aliphatic carbocycles. The van der Waals surface area contributed by atoms with Crippen molar-refractivity contribution in [3.63, 3.8) is 0 Å². The van der Waals surface area contributed by atoms with Crippen LogP contribution in [0.4, 0.5) is 0 Å². The highest BCUT2D eigenvalue weighted by molar-refractivity contribution is 5.71. The van der Waals surface area contributed by atoms with Crippen molar-refractivity contribution in [3.05, 3.63) is 97.2 Å². The Morgan fingerprint density at radius 1 is 0.290 bits per heavy atom. The highest BCUT2D eigenvalue weighted by Gasteiger charge is 2.19. The van der Waals surface area contributed by atoms with Gasteiger partial charge in [-0.1, -0.05) is 221 Å². The zero-order valence-corrected chi connectivity index (χ0v) is 45.0. The summed E-state index contributed by atoms with van der Waals surface area (Å²) in [5.41, 5.74) is 0. The molecule has 0 aromatic rings. The second kappa shape index (κ2) is 56.9. The van der Waals surface area contributed by atoms with E-state index >= 15 is 0 Å². The highest BCUT2D eigenvalue weighted by atomic mass is 16.6. The zero-order valence-electron chi connectivity index (χ0n) is 45.0. The van der Waals surface area contributed by atoms with Crippen LogP contribution in [0.25, 0.3) is 0 Å². The van der Waals surface area contributed by atoms with Gasteiger partial charge in [-0.15, -0.1) is 0 Å². The van der Waals surface area contributed by atoms with Crippen LogP contribution in [0, 0.1) is 0 Å². The molecule has 0 bridgehead atoms. The van der Waals surface area contributed by atoms with Crippen LogP contribution >= 0.6 is 0 Å². The molecule has 0 radical (unpaired) electrons. The molecule has 6 nitrogen and oxygen atoms in total. The minimum Gasteiger partial charge on any atom is -0.462 e. The normalized spacial score (nSPS) is 12.8. The van der Waals surface area contributed by atoms with Crippen LogP contribution in [0.1, 0.15) is 265 Å². The van der Waals surface area contributed by atoms with Crippen LogP contribution in [0.2, 0.25) is 0 Å². The fraction of sp³-hybridized carbons (Fsp3) is 0.698. The summed E-state index contributed by atoms with van der Waals surface area (Å²) in [5.74, 6) is -0.987. The number of unbranched alkanes of at least 4 members (excludes halogenated alkanes) is 24. The molecular formula is C63H106O6. The molecule has 0 unspecified atom stereocenters. The van der Waals surface area contributed by atoms with Gasteiger partial charge in [0.15, 0.2) is 6.10 Å². The molecule has 0 aromatic heterocycles. The van der Waals surface area contributed by atoms with E-state index in [-0.39, 0.29) is 37.5 Å². The minimum absolute atomic E-state index is 0.108. The molecule has 6 heteroatoms. The van der Waals surface area contributed by atoms with Gasteiger partial charge in [-0.05, 0) is 122 Å². The molecule has 69 heavy (non-hydrogen) atoms. The molecule has 0 N–H and O–H groups in total. The monoisotopic (exact) mass is 959 g/mol. The van der Waals surface area contributed by atoms with E-state index in [0.717, 1.165) is 89.9 Å². The smallest absolute Gasteiger partial charge is 0.306 e. The van der Waals surface area contributed by atoms with Crippen molar-refractivity contribution in [1.29, 1.82) is 0 Å². The van der Waals surface area contributed by atoms with Gasteiger partial charge >= 0.3 is 17.9 Å². The molecule has 0 aliphatic rings. The summed E-state index contributed by atoms with van der Waals surface area (Å²) in [4.78, 5) is 38.1. The molecule has 1 atom stereocenters. The second-order valence-corrected chi connectivity index (χ2v) is 18.8. The van der Waals surface area contributed by atoms with Gasteiger partial charge in [0, 0.05) is 19.3 Å². The van der Waals surface area contributed by atoms with Gasteiger partial charge < -0.3 is 14.2 Å². The van der Waals surface area contributed by atoms with Crippen molar-refractivity contribution < 1.29 is 28.6 Å². The molecular weight excluding hydrogens is 853 g/mol. The maximum Gasteiger partial charge on any atom is 0.306 e. The summed E-state index contributed by atoms with van der Waals surface area (Å²) in [6, 6.07) is 0. The van der Waals surface area contributed by atoms with Crippen molar-refractivity contribution in [2.45, 2.75) is 271 Å². The van der Waals surface area contributed by atoms with Crippen LogP contribution < -0.4 is 0 Å². The molecule has 0 rings (SSSR count). The second-order valence-electron chi connectivity index (χ2n) is 18.8. The van der Waals surface area contributed by atoms with Gasteiger partial charge in [0.05, 0.1) is 0 Å². The highest BCUT2D eigenvalue weighted by Crippen LogP contribution is 2.14. The molecule has 0 aromatic carbocycles. The van der Waals surface area contributed by atoms with Crippen LogP contribution in [0.5, 0.6) is 0 Å². The molecule has 0 heterocycles. The molecule has 394 valence electrons. The first-order valence-electron chi connectivity index (χ1n) is 28.7. The minimum atomic E-state index is -0.813. The number of ether oxygens (including phenoxy) is 3. The van der Waals surface area contributed by atoms with Gasteiger partial charge in [-0.25, -0.2) is 0 Å². The van der Waals surface area contributed by atoms with Gasteiger partial charge in [-0.2, -0.15) is 0 Å². The third-order valence-corrected chi connectivity index (χ3v) is 12.0. The van der Waals surface area contributed by atoms with E-state index in [1.807, 2.05) is 0 Å². The standard InChI is InChI=1S/C63H106O6/c1-4-7-10-13-16-19-22-25-28-31-34-37-40-43-46-49-52-55-61(64)67-58-60(69-63(66)57-54-51-48-45-42-39-36-33-30-27-24-21-18-15-12-9-6-3)59-68-62(65)56-53-50-47-44-41-38-35-32-29-26-23-20-17-14-11-8-5-2/h16-17,19-20,25-30,34-35,37-38,43,46,60H,4-15,18,21-24,31-33,36,39-42,44-45,47-59H2,1-3H3/b19-16-,20-17-,28-25-,29-26-,30-27-,37-34-,38-35-,46-43-/t60-/m1/s1. The lowest BCUT2D eigenvalue weighted by Crippen LogP contribution is -2.30. The van der Waals surface area contributed by atoms with Gasteiger partial charge in [0.2, 0.25) is 0 Å². The summed E-state index contributed by atoms with van der Waals surface area (Å²) in [6.45, 7) is 6.52. The number of allylic oxidation sites excluding steroid dienone is 16. The summed E-state index contributed by atoms with van der Waals surface area (Å²) < 4.78 is 16.8. The average Bonchev–Trinajstić information content (AvgIpc) is 3.35. The largest absolute Gasteiger partial charge is 0.462 e. The van der Waals surface area contributed by atoms with Crippen LogP contribution in [-0.4, -0.2) is 37.2 Å². The number of hydrogen-bond donors (Lipinski definition) is 0. The molecule has 0 saturated carbocycles.